The first-order valence-electron chi connectivity index (χ1n) is 5.87. The molecule has 2 rings (SSSR count). The molecule has 20 heavy (non-hydrogen) atoms. The van der Waals surface area contributed by atoms with Crippen LogP contribution in [0.4, 0.5) is 23.0 Å². The summed E-state index contributed by atoms with van der Waals surface area (Å²) in [5.41, 5.74) is 1.85. The van der Waals surface area contributed by atoms with Crippen molar-refractivity contribution in [3.05, 3.63) is 50.5 Å². The van der Waals surface area contributed by atoms with Crippen molar-refractivity contribution in [1.82, 2.24) is 4.98 Å². The van der Waals surface area contributed by atoms with Gasteiger partial charge in [0.25, 0.3) is 5.69 Å². The summed E-state index contributed by atoms with van der Waals surface area (Å²) in [5.74, 6) is 0.848. The molecule has 0 amide bonds. The fraction of sp³-hybridized carbons (Fsp3) is 0.154. The lowest BCUT2D eigenvalue weighted by Gasteiger charge is -2.10. The number of hydrogen-bond acceptors (Lipinski definition) is 5. The van der Waals surface area contributed by atoms with Crippen molar-refractivity contribution < 1.29 is 4.92 Å². The maximum absolute atomic E-state index is 10.9. The molecular weight excluding hydrogens is 324 g/mol. The van der Waals surface area contributed by atoms with Gasteiger partial charge in [-0.05, 0) is 34.5 Å². The Morgan fingerprint density at radius 2 is 2.00 bits per heavy atom. The Balaban J connectivity index is 2.40. The number of nitrogens with zero attached hydrogens (tertiary/aromatic N) is 2. The minimum atomic E-state index is -0.445. The average molecular weight is 337 g/mol. The van der Waals surface area contributed by atoms with E-state index in [1.807, 2.05) is 25.1 Å². The first-order valence-corrected chi connectivity index (χ1v) is 6.67. The smallest absolute Gasteiger partial charge is 0.276 e. The molecular formula is C13H13BrN4O2. The Morgan fingerprint density at radius 3 is 2.65 bits per heavy atom. The maximum atomic E-state index is 10.9. The second-order valence-electron chi connectivity index (χ2n) is 4.16. The van der Waals surface area contributed by atoms with Crippen LogP contribution in [0.3, 0.4) is 0 Å². The molecule has 0 aliphatic heterocycles. The molecule has 7 heteroatoms. The zero-order valence-corrected chi connectivity index (χ0v) is 12.6. The first kappa shape index (κ1) is 14.3. The van der Waals surface area contributed by atoms with Crippen LogP contribution in [0, 0.1) is 17.0 Å². The summed E-state index contributed by atoms with van der Waals surface area (Å²) in [6, 6.07) is 8.52. The molecule has 1 aromatic heterocycles. The van der Waals surface area contributed by atoms with Crippen molar-refractivity contribution in [3.63, 3.8) is 0 Å². The van der Waals surface area contributed by atoms with E-state index in [0.717, 1.165) is 15.7 Å². The van der Waals surface area contributed by atoms with Crippen molar-refractivity contribution in [2.45, 2.75) is 6.92 Å². The Hall–Kier alpha value is -2.15. The molecule has 0 radical (unpaired) electrons. The molecule has 2 N–H and O–H groups in total. The average Bonchev–Trinajstić information content (AvgIpc) is 2.43. The Kier molecular flexibility index (Phi) is 4.19. The second-order valence-corrected chi connectivity index (χ2v) is 4.96. The third-order valence-electron chi connectivity index (χ3n) is 2.73. The fourth-order valence-electron chi connectivity index (χ4n) is 1.70. The van der Waals surface area contributed by atoms with Crippen LogP contribution in [-0.2, 0) is 0 Å². The summed E-state index contributed by atoms with van der Waals surface area (Å²) in [6.45, 7) is 1.97. The van der Waals surface area contributed by atoms with Crippen LogP contribution in [0.1, 0.15) is 5.56 Å². The molecule has 0 spiro atoms. The Morgan fingerprint density at radius 1 is 1.30 bits per heavy atom. The topological polar surface area (TPSA) is 80.1 Å². The van der Waals surface area contributed by atoms with Gasteiger partial charge in [0.1, 0.15) is 11.6 Å². The van der Waals surface area contributed by atoms with E-state index < -0.39 is 4.92 Å². The first-order chi connectivity index (χ1) is 9.51. The van der Waals surface area contributed by atoms with Crippen molar-refractivity contribution in [3.8, 4) is 0 Å². The van der Waals surface area contributed by atoms with Crippen molar-refractivity contribution in [1.29, 1.82) is 0 Å². The van der Waals surface area contributed by atoms with Gasteiger partial charge in [-0.3, -0.25) is 10.1 Å². The van der Waals surface area contributed by atoms with Gasteiger partial charge in [-0.15, -0.1) is 0 Å². The molecule has 0 fully saturated rings. The second kappa shape index (κ2) is 5.87. The van der Waals surface area contributed by atoms with Crippen LogP contribution in [0.5, 0.6) is 0 Å². The monoisotopic (exact) mass is 336 g/mol. The zero-order valence-electron chi connectivity index (χ0n) is 11.0. The number of anilines is 3. The van der Waals surface area contributed by atoms with E-state index in [4.69, 9.17) is 0 Å². The largest absolute Gasteiger partial charge is 0.373 e. The summed E-state index contributed by atoms with van der Waals surface area (Å²) >= 11 is 3.48. The molecule has 104 valence electrons. The number of aromatic nitrogens is 1. The molecule has 2 aromatic rings. The normalized spacial score (nSPS) is 10.2. The van der Waals surface area contributed by atoms with Crippen LogP contribution in [-0.4, -0.2) is 17.0 Å². The van der Waals surface area contributed by atoms with Crippen LogP contribution < -0.4 is 10.6 Å². The highest BCUT2D eigenvalue weighted by atomic mass is 79.9. The highest BCUT2D eigenvalue weighted by Crippen LogP contribution is 2.29. The molecule has 0 aliphatic rings. The van der Waals surface area contributed by atoms with Crippen molar-refractivity contribution in [2.75, 3.05) is 17.7 Å². The molecule has 6 nitrogen and oxygen atoms in total. The zero-order chi connectivity index (χ0) is 14.7. The lowest BCUT2D eigenvalue weighted by molar-refractivity contribution is -0.384. The number of aryl methyl sites for hydroxylation is 1. The molecule has 0 saturated carbocycles. The van der Waals surface area contributed by atoms with Crippen molar-refractivity contribution >= 4 is 38.9 Å². The van der Waals surface area contributed by atoms with Crippen LogP contribution in [0.2, 0.25) is 0 Å². The van der Waals surface area contributed by atoms with Gasteiger partial charge in [0, 0.05) is 11.5 Å². The summed E-state index contributed by atoms with van der Waals surface area (Å²) in [5, 5.41) is 16.8. The van der Waals surface area contributed by atoms with E-state index in [-0.39, 0.29) is 5.69 Å². The minimum Gasteiger partial charge on any atom is -0.373 e. The predicted molar refractivity (Wildman–Crippen MR) is 82.6 cm³/mol. The number of pyridine rings is 1. The van der Waals surface area contributed by atoms with Crippen LogP contribution in [0.15, 0.2) is 34.8 Å². The standard InChI is InChI=1S/C13H13BrN4O2/c1-8-4-3-5-10(13(8)14)16-12-7-9(18(19)20)6-11(15-2)17-12/h3-7H,1-2H3,(H2,15,16,17). The Labute approximate surface area is 124 Å². The van der Waals surface area contributed by atoms with Gasteiger partial charge < -0.3 is 10.6 Å². The van der Waals surface area contributed by atoms with Gasteiger partial charge in [-0.1, -0.05) is 12.1 Å². The number of hydrogen-bond donors (Lipinski definition) is 2. The molecule has 0 saturated heterocycles. The summed E-state index contributed by atoms with van der Waals surface area (Å²) in [7, 11) is 1.67. The molecule has 1 aromatic carbocycles. The fourth-order valence-corrected chi connectivity index (χ4v) is 2.06. The maximum Gasteiger partial charge on any atom is 0.276 e. The summed E-state index contributed by atoms with van der Waals surface area (Å²) < 4.78 is 0.902. The Bertz CT molecular complexity index is 661. The van der Waals surface area contributed by atoms with Gasteiger partial charge in [0.15, 0.2) is 0 Å². The summed E-state index contributed by atoms with van der Waals surface area (Å²) in [4.78, 5) is 14.7. The number of nitrogens with one attached hydrogen (secondary N) is 2. The van der Waals surface area contributed by atoms with E-state index >= 15 is 0 Å². The quantitative estimate of drug-likeness (QED) is 0.654. The number of halogens is 1. The van der Waals surface area contributed by atoms with Gasteiger partial charge >= 0.3 is 0 Å². The van der Waals surface area contributed by atoms with Crippen LogP contribution >= 0.6 is 15.9 Å². The molecule has 0 atom stereocenters. The summed E-state index contributed by atoms with van der Waals surface area (Å²) in [6.07, 6.45) is 0. The number of rotatable bonds is 4. The minimum absolute atomic E-state index is 0.0179. The highest BCUT2D eigenvalue weighted by molar-refractivity contribution is 9.10. The SMILES string of the molecule is CNc1cc([N+](=O)[O-])cc(Nc2cccc(C)c2Br)n1. The lowest BCUT2D eigenvalue weighted by Crippen LogP contribution is -2.01. The van der Waals surface area contributed by atoms with Gasteiger partial charge in [-0.2, -0.15) is 0 Å². The van der Waals surface area contributed by atoms with Crippen LogP contribution in [0.25, 0.3) is 0 Å². The predicted octanol–water partition coefficient (Wildman–Crippen LogP) is 3.85. The lowest BCUT2D eigenvalue weighted by atomic mass is 10.2. The van der Waals surface area contributed by atoms with E-state index in [0.29, 0.717) is 11.6 Å². The molecule has 0 unspecified atom stereocenters. The third kappa shape index (κ3) is 3.05. The molecule has 0 aliphatic carbocycles. The number of benzene rings is 1. The van der Waals surface area contributed by atoms with E-state index in [1.54, 1.807) is 7.05 Å². The molecule has 1 heterocycles. The third-order valence-corrected chi connectivity index (χ3v) is 3.78. The van der Waals surface area contributed by atoms with E-state index in [1.165, 1.54) is 12.1 Å². The van der Waals surface area contributed by atoms with Gasteiger partial charge in [0.05, 0.1) is 22.7 Å². The number of nitro groups is 1. The van der Waals surface area contributed by atoms with E-state index in [9.17, 15) is 10.1 Å². The molecule has 0 bridgehead atoms. The highest BCUT2D eigenvalue weighted by Gasteiger charge is 2.12. The van der Waals surface area contributed by atoms with Gasteiger partial charge in [0.2, 0.25) is 0 Å². The van der Waals surface area contributed by atoms with Crippen molar-refractivity contribution in [2.24, 2.45) is 0 Å². The van der Waals surface area contributed by atoms with E-state index in [2.05, 4.69) is 31.5 Å². The van der Waals surface area contributed by atoms with Gasteiger partial charge in [-0.25, -0.2) is 4.98 Å².